The van der Waals surface area contributed by atoms with Crippen molar-refractivity contribution in [2.24, 2.45) is 10.8 Å². The van der Waals surface area contributed by atoms with Gasteiger partial charge in [-0.2, -0.15) is 0 Å². The van der Waals surface area contributed by atoms with Crippen LogP contribution in [-0.2, 0) is 0 Å². The van der Waals surface area contributed by atoms with Gasteiger partial charge in [0.1, 0.15) is 0 Å². The number of hydrogen-bond donors (Lipinski definition) is 4. The molecule has 0 bridgehead atoms. The third kappa shape index (κ3) is 11.8. The zero-order chi connectivity index (χ0) is 46.4. The molecule has 9 aliphatic rings. The van der Waals surface area contributed by atoms with E-state index in [9.17, 15) is 0 Å². The first kappa shape index (κ1) is 63.9. The van der Waals surface area contributed by atoms with E-state index in [4.69, 9.17) is 37.9 Å². The number of fused-ring (bicyclic) bond motifs is 8. The summed E-state index contributed by atoms with van der Waals surface area (Å²) in [5.74, 6) is 8.75. The minimum absolute atomic E-state index is 0. The quantitative estimate of drug-likeness (QED) is 0.104. The molecule has 1 aliphatic carbocycles. The zero-order valence-corrected chi connectivity index (χ0v) is 47.8. The highest BCUT2D eigenvalue weighted by atomic mass is 35.5. The maximum absolute atomic E-state index is 5.99. The van der Waals surface area contributed by atoms with E-state index >= 15 is 0 Å². The molecule has 12 N–H and O–H groups in total. The van der Waals surface area contributed by atoms with Crippen molar-refractivity contribution in [3.05, 3.63) is 93.0 Å². The van der Waals surface area contributed by atoms with Crippen molar-refractivity contribution in [3.63, 3.8) is 0 Å². The van der Waals surface area contributed by atoms with Gasteiger partial charge in [0.2, 0.25) is 27.2 Å². The monoisotopic (exact) mass is 1150 g/mol. The van der Waals surface area contributed by atoms with E-state index in [0.29, 0.717) is 50.8 Å². The van der Waals surface area contributed by atoms with Crippen LogP contribution >= 0.6 is 49.6 Å². The lowest BCUT2D eigenvalue weighted by Gasteiger charge is -2.40. The molecule has 20 heteroatoms. The van der Waals surface area contributed by atoms with Crippen LogP contribution in [0.2, 0.25) is 0 Å². The number of ether oxygens (including phenoxy) is 8. The van der Waals surface area contributed by atoms with Gasteiger partial charge in [0.25, 0.3) is 0 Å². The lowest BCUT2D eigenvalue weighted by atomic mass is 9.68. The summed E-state index contributed by atoms with van der Waals surface area (Å²) in [5.41, 5.74) is 11.5. The highest BCUT2D eigenvalue weighted by Crippen LogP contribution is 2.61. The second-order valence-electron chi connectivity index (χ2n) is 22.6. The van der Waals surface area contributed by atoms with Gasteiger partial charge in [-0.3, -0.25) is 0 Å². The molecule has 16 nitrogen and oxygen atoms in total. The van der Waals surface area contributed by atoms with Gasteiger partial charge in [-0.1, -0.05) is 27.7 Å². The minimum atomic E-state index is 0. The highest BCUT2D eigenvalue weighted by molar-refractivity contribution is 5.86. The van der Waals surface area contributed by atoms with Gasteiger partial charge in [-0.05, 0) is 198 Å². The van der Waals surface area contributed by atoms with E-state index in [1.54, 1.807) is 0 Å². The smallest absolute Gasteiger partial charge is 0.231 e. The largest absolute Gasteiger partial charge is 0.454 e. The Morgan fingerprint density at radius 3 is 0.740 bits per heavy atom. The van der Waals surface area contributed by atoms with Gasteiger partial charge in [-0.15, -0.1) is 49.6 Å². The summed E-state index contributed by atoms with van der Waals surface area (Å²) in [7, 11) is 0. The Bertz CT molecular complexity index is 2330. The molecule has 0 aromatic heterocycles. The Morgan fingerprint density at radius 1 is 0.338 bits per heavy atom. The molecule has 0 spiro atoms. The third-order valence-corrected chi connectivity index (χ3v) is 18.4. The molecular formula is C57H82Cl4N4O12. The fourth-order valence-corrected chi connectivity index (χ4v) is 14.4. The van der Waals surface area contributed by atoms with Gasteiger partial charge in [0, 0.05) is 50.3 Å². The molecule has 8 heterocycles. The third-order valence-electron chi connectivity index (χ3n) is 18.4. The number of rotatable bonds is 12. The van der Waals surface area contributed by atoms with Gasteiger partial charge >= 0.3 is 0 Å². The Morgan fingerprint density at radius 2 is 0.532 bits per heavy atom. The van der Waals surface area contributed by atoms with Crippen LogP contribution < -0.4 is 59.2 Å². The maximum atomic E-state index is 5.99. The van der Waals surface area contributed by atoms with Crippen LogP contribution in [0.4, 0.5) is 0 Å². The molecule has 77 heavy (non-hydrogen) atoms. The molecule has 1 fully saturated rings. The fourth-order valence-electron chi connectivity index (χ4n) is 14.4. The lowest BCUT2D eigenvalue weighted by Crippen LogP contribution is -2.36. The average molecular weight is 1160 g/mol. The van der Waals surface area contributed by atoms with E-state index in [1.165, 1.54) is 89.5 Å². The first-order chi connectivity index (χ1) is 33.7. The van der Waals surface area contributed by atoms with Crippen molar-refractivity contribution in [2.75, 3.05) is 53.4 Å². The van der Waals surface area contributed by atoms with Gasteiger partial charge in [-0.25, -0.2) is 0 Å². The Kier molecular flexibility index (Phi) is 21.3. The second-order valence-corrected chi connectivity index (χ2v) is 22.6. The molecule has 4 aromatic rings. The lowest BCUT2D eigenvalue weighted by molar-refractivity contribution is 0.146. The molecule has 430 valence electrons. The molecule has 4 aromatic carbocycles. The van der Waals surface area contributed by atoms with Crippen molar-refractivity contribution in [1.29, 1.82) is 0 Å². The van der Waals surface area contributed by atoms with Crippen molar-refractivity contribution in [3.8, 4) is 46.0 Å². The van der Waals surface area contributed by atoms with Crippen molar-refractivity contribution in [1.82, 2.24) is 21.3 Å². The van der Waals surface area contributed by atoms with E-state index in [-0.39, 0.29) is 107 Å². The summed E-state index contributed by atoms with van der Waals surface area (Å²) < 4.78 is 47.5. The SMILES string of the molecule is CC1CNC(CCC2(CCC3NCC(C)c4cc5c(cc43)OCO5)CCC(CCC3NCC(C)c4cc5c(cc43)OCO5)(CCC3NCC(C)c4cc5c(cc43)OCO5)C2)c2cc3c(cc21)OCO3.Cl.Cl.Cl.Cl.O.O.O.O. The average Bonchev–Trinajstić information content (AvgIpc) is 4.23. The molecule has 8 unspecified atom stereocenters. The molecule has 1 saturated carbocycles. The van der Waals surface area contributed by atoms with E-state index in [1.807, 2.05) is 0 Å². The standard InChI is InChI=1S/C57H70N4O8.4ClH.4H2O/c1-32-23-58-44(40-19-52-48(15-36(32)40)62-28-66-52)5-9-56(10-6-45-41-20-53-49(63-29-67-53)16-37(41)33(2)24-59-45)13-14-57(27-56,11-7-46-42-21-54-50(64-30-68-54)17-38(42)34(3)25-60-46)12-8-47-43-22-55-51(65-31-69-55)18-39(43)35(4)26-61-47;;;;;;;;/h15-22,32-35,44-47,58-61H,5-14,23-31H2,1-4H3;4*1H;4*1H2. The number of nitrogens with one attached hydrogen (secondary N) is 4. The molecule has 0 saturated heterocycles. The summed E-state index contributed by atoms with van der Waals surface area (Å²) in [6.07, 6.45) is 12.7. The Balaban J connectivity index is 0.00000137. The van der Waals surface area contributed by atoms with E-state index < -0.39 is 0 Å². The normalized spacial score (nSPS) is 28.5. The predicted molar refractivity (Wildman–Crippen MR) is 306 cm³/mol. The van der Waals surface area contributed by atoms with Gasteiger partial charge in [0.05, 0.1) is 0 Å². The number of benzene rings is 4. The molecule has 8 aliphatic heterocycles. The fraction of sp³-hybridized carbons (Fsp3) is 0.579. The van der Waals surface area contributed by atoms with Crippen LogP contribution in [0.15, 0.2) is 48.5 Å². The van der Waals surface area contributed by atoms with Crippen LogP contribution in [0.25, 0.3) is 0 Å². The zero-order valence-electron chi connectivity index (χ0n) is 44.6. The molecule has 0 radical (unpaired) electrons. The van der Waals surface area contributed by atoms with Crippen molar-refractivity contribution >= 4 is 49.6 Å². The first-order valence-electron chi connectivity index (χ1n) is 26.3. The van der Waals surface area contributed by atoms with Crippen molar-refractivity contribution in [2.45, 2.75) is 146 Å². The van der Waals surface area contributed by atoms with Crippen LogP contribution in [0.5, 0.6) is 46.0 Å². The first-order valence-corrected chi connectivity index (χ1v) is 26.3. The summed E-state index contributed by atoms with van der Waals surface area (Å²) in [6, 6.07) is 19.3. The number of hydrogen-bond acceptors (Lipinski definition) is 12. The minimum Gasteiger partial charge on any atom is -0.454 e. The molecule has 0 amide bonds. The summed E-state index contributed by atoms with van der Waals surface area (Å²) in [6.45, 7) is 14.4. The van der Waals surface area contributed by atoms with Gasteiger partial charge in [0.15, 0.2) is 46.0 Å². The maximum Gasteiger partial charge on any atom is 0.231 e. The topological polar surface area (TPSA) is 248 Å². The summed E-state index contributed by atoms with van der Waals surface area (Å²) >= 11 is 0. The molecule has 13 rings (SSSR count). The van der Waals surface area contributed by atoms with Crippen LogP contribution in [0.1, 0.15) is 191 Å². The highest BCUT2D eigenvalue weighted by Gasteiger charge is 2.49. The van der Waals surface area contributed by atoms with Crippen LogP contribution in [0.3, 0.4) is 0 Å². The van der Waals surface area contributed by atoms with Crippen LogP contribution in [0, 0.1) is 10.8 Å². The Hall–Kier alpha value is -3.88. The number of halogens is 4. The van der Waals surface area contributed by atoms with Crippen molar-refractivity contribution < 1.29 is 59.8 Å². The van der Waals surface area contributed by atoms with Crippen LogP contribution in [-0.4, -0.2) is 75.3 Å². The molecule has 8 atom stereocenters. The predicted octanol–water partition coefficient (Wildman–Crippen LogP) is 9.36. The summed E-state index contributed by atoms with van der Waals surface area (Å²) in [4.78, 5) is 0. The second kappa shape index (κ2) is 25.7. The van der Waals surface area contributed by atoms with Gasteiger partial charge < -0.3 is 81.1 Å². The summed E-state index contributed by atoms with van der Waals surface area (Å²) in [5, 5.41) is 16.1. The van der Waals surface area contributed by atoms with E-state index in [0.717, 1.165) is 97.9 Å². The van der Waals surface area contributed by atoms with E-state index in [2.05, 4.69) is 97.5 Å². The Labute approximate surface area is 477 Å². The molecular weight excluding hydrogens is 1070 g/mol.